The zero-order valence-electron chi connectivity index (χ0n) is 12.1. The fraction of sp³-hybridized carbons (Fsp3) is 0.625. The molecular formula is C16H23ClN2S. The lowest BCUT2D eigenvalue weighted by molar-refractivity contribution is 0.677. The Morgan fingerprint density at radius 2 is 2.25 bits per heavy atom. The van der Waals surface area contributed by atoms with Gasteiger partial charge < -0.3 is 10.2 Å². The summed E-state index contributed by atoms with van der Waals surface area (Å²) in [7, 11) is 0. The first-order valence-corrected chi connectivity index (χ1v) is 9.08. The molecule has 0 spiro atoms. The summed E-state index contributed by atoms with van der Waals surface area (Å²) in [5, 5.41) is 5.26. The molecule has 3 rings (SSSR count). The van der Waals surface area contributed by atoms with Crippen molar-refractivity contribution < 1.29 is 0 Å². The topological polar surface area (TPSA) is 15.3 Å². The minimum absolute atomic E-state index is 0.738. The van der Waals surface area contributed by atoms with Gasteiger partial charge in [0.1, 0.15) is 0 Å². The highest BCUT2D eigenvalue weighted by molar-refractivity contribution is 8.00. The first-order valence-electron chi connectivity index (χ1n) is 7.65. The number of halogens is 1. The van der Waals surface area contributed by atoms with Crippen molar-refractivity contribution >= 4 is 29.1 Å². The highest BCUT2D eigenvalue weighted by Crippen LogP contribution is 2.34. The van der Waals surface area contributed by atoms with Crippen molar-refractivity contribution in [1.82, 2.24) is 5.32 Å². The summed E-state index contributed by atoms with van der Waals surface area (Å²) < 4.78 is 0. The van der Waals surface area contributed by atoms with Crippen molar-refractivity contribution in [1.29, 1.82) is 0 Å². The molecule has 0 bridgehead atoms. The molecule has 2 nitrogen and oxygen atoms in total. The van der Waals surface area contributed by atoms with Gasteiger partial charge in [0.15, 0.2) is 0 Å². The highest BCUT2D eigenvalue weighted by Gasteiger charge is 2.24. The van der Waals surface area contributed by atoms with Crippen LogP contribution in [0.15, 0.2) is 18.2 Å². The summed E-state index contributed by atoms with van der Waals surface area (Å²) >= 11 is 8.61. The van der Waals surface area contributed by atoms with Gasteiger partial charge in [-0.25, -0.2) is 0 Å². The van der Waals surface area contributed by atoms with Gasteiger partial charge in [0, 0.05) is 36.7 Å². The van der Waals surface area contributed by atoms with Crippen LogP contribution in [0.3, 0.4) is 0 Å². The second-order valence-electron chi connectivity index (χ2n) is 5.75. The van der Waals surface area contributed by atoms with Crippen LogP contribution < -0.4 is 10.2 Å². The van der Waals surface area contributed by atoms with E-state index in [0.717, 1.165) is 35.9 Å². The number of nitrogens with one attached hydrogen (secondary N) is 1. The molecule has 1 aliphatic carbocycles. The zero-order valence-corrected chi connectivity index (χ0v) is 13.6. The van der Waals surface area contributed by atoms with Gasteiger partial charge in [-0.1, -0.05) is 30.7 Å². The Kier molecular flexibility index (Phi) is 4.79. The Bertz CT molecular complexity index is 462. The molecule has 1 unspecified atom stereocenters. The monoisotopic (exact) mass is 310 g/mol. The van der Waals surface area contributed by atoms with Crippen LogP contribution in [-0.2, 0) is 6.54 Å². The van der Waals surface area contributed by atoms with E-state index in [-0.39, 0.29) is 0 Å². The molecule has 0 aromatic heterocycles. The molecule has 1 heterocycles. The molecule has 1 atom stereocenters. The maximum absolute atomic E-state index is 6.51. The normalized spacial score (nSPS) is 23.1. The van der Waals surface area contributed by atoms with Gasteiger partial charge in [-0.2, -0.15) is 11.8 Å². The largest absolute Gasteiger partial charge is 0.368 e. The van der Waals surface area contributed by atoms with Crippen molar-refractivity contribution in [3.8, 4) is 0 Å². The van der Waals surface area contributed by atoms with Gasteiger partial charge in [0.2, 0.25) is 0 Å². The molecule has 1 aliphatic heterocycles. The average Bonchev–Trinajstić information content (AvgIpc) is 3.29. The van der Waals surface area contributed by atoms with Crippen molar-refractivity contribution in [2.45, 2.75) is 44.0 Å². The molecule has 1 aromatic rings. The van der Waals surface area contributed by atoms with Crippen LogP contribution in [0.2, 0.25) is 5.02 Å². The van der Waals surface area contributed by atoms with E-state index in [1.807, 2.05) is 6.07 Å². The third kappa shape index (κ3) is 3.44. The Labute approximate surface area is 131 Å². The standard InChI is InChI=1S/C16H23ClN2S/c1-2-14-11-19(8-9-20-14)16-12(4-3-5-15(16)17)10-18-13-6-7-13/h3-5,13-14,18H,2,6-11H2,1H3. The molecule has 1 N–H and O–H groups in total. The van der Waals surface area contributed by atoms with Crippen LogP contribution in [0.1, 0.15) is 31.7 Å². The second-order valence-corrected chi connectivity index (χ2v) is 7.57. The summed E-state index contributed by atoms with van der Waals surface area (Å²) in [5.74, 6) is 1.21. The Morgan fingerprint density at radius 3 is 3.00 bits per heavy atom. The van der Waals surface area contributed by atoms with Gasteiger partial charge in [-0.05, 0) is 30.9 Å². The van der Waals surface area contributed by atoms with E-state index in [4.69, 9.17) is 11.6 Å². The molecule has 2 aliphatic rings. The maximum Gasteiger partial charge on any atom is 0.0642 e. The SMILES string of the molecule is CCC1CN(c2c(Cl)cccc2CNC2CC2)CCS1. The molecule has 1 saturated carbocycles. The van der Waals surface area contributed by atoms with E-state index in [9.17, 15) is 0 Å². The van der Waals surface area contributed by atoms with E-state index in [1.165, 1.54) is 36.3 Å². The van der Waals surface area contributed by atoms with E-state index < -0.39 is 0 Å². The van der Waals surface area contributed by atoms with Gasteiger partial charge in [0.25, 0.3) is 0 Å². The van der Waals surface area contributed by atoms with Crippen molar-refractivity contribution in [3.63, 3.8) is 0 Å². The zero-order chi connectivity index (χ0) is 13.9. The average molecular weight is 311 g/mol. The van der Waals surface area contributed by atoms with Crippen LogP contribution >= 0.6 is 23.4 Å². The molecule has 1 saturated heterocycles. The van der Waals surface area contributed by atoms with Crippen LogP contribution in [0.4, 0.5) is 5.69 Å². The fourth-order valence-corrected chi connectivity index (χ4v) is 4.26. The number of rotatable bonds is 5. The minimum atomic E-state index is 0.738. The maximum atomic E-state index is 6.51. The quantitative estimate of drug-likeness (QED) is 0.887. The van der Waals surface area contributed by atoms with Crippen LogP contribution in [0.5, 0.6) is 0 Å². The number of anilines is 1. The lowest BCUT2D eigenvalue weighted by atomic mass is 10.1. The number of hydrogen-bond acceptors (Lipinski definition) is 3. The molecule has 4 heteroatoms. The second kappa shape index (κ2) is 6.59. The first kappa shape index (κ1) is 14.6. The van der Waals surface area contributed by atoms with Gasteiger partial charge in [0.05, 0.1) is 10.7 Å². The third-order valence-corrected chi connectivity index (χ3v) is 5.82. The van der Waals surface area contributed by atoms with Gasteiger partial charge >= 0.3 is 0 Å². The molecule has 2 fully saturated rings. The number of thioether (sulfide) groups is 1. The Hall–Kier alpha value is -0.380. The number of benzene rings is 1. The molecule has 110 valence electrons. The van der Waals surface area contributed by atoms with Crippen LogP contribution in [0, 0.1) is 0 Å². The highest BCUT2D eigenvalue weighted by atomic mass is 35.5. The van der Waals surface area contributed by atoms with E-state index in [1.54, 1.807) is 0 Å². The molecular weight excluding hydrogens is 288 g/mol. The molecule has 20 heavy (non-hydrogen) atoms. The lowest BCUT2D eigenvalue weighted by Gasteiger charge is -2.35. The Morgan fingerprint density at radius 1 is 1.40 bits per heavy atom. The van der Waals surface area contributed by atoms with Gasteiger partial charge in [-0.3, -0.25) is 0 Å². The van der Waals surface area contributed by atoms with E-state index in [2.05, 4.69) is 41.0 Å². The van der Waals surface area contributed by atoms with Crippen LogP contribution in [-0.4, -0.2) is 30.1 Å². The molecule has 0 amide bonds. The predicted molar refractivity (Wildman–Crippen MR) is 90.1 cm³/mol. The minimum Gasteiger partial charge on any atom is -0.368 e. The summed E-state index contributed by atoms with van der Waals surface area (Å²) in [6.07, 6.45) is 3.89. The van der Waals surface area contributed by atoms with Crippen molar-refractivity contribution in [2.24, 2.45) is 0 Å². The number of hydrogen-bond donors (Lipinski definition) is 1. The van der Waals surface area contributed by atoms with Crippen molar-refractivity contribution in [2.75, 3.05) is 23.7 Å². The summed E-state index contributed by atoms with van der Waals surface area (Å²) in [6.45, 7) is 5.47. The number of nitrogens with zero attached hydrogens (tertiary/aromatic N) is 1. The fourth-order valence-electron chi connectivity index (χ4n) is 2.77. The predicted octanol–water partition coefficient (Wildman–Crippen LogP) is 3.92. The molecule has 1 aromatic carbocycles. The summed E-state index contributed by atoms with van der Waals surface area (Å²) in [6, 6.07) is 7.06. The first-order chi connectivity index (χ1) is 9.78. The lowest BCUT2D eigenvalue weighted by Crippen LogP contribution is -2.38. The third-order valence-electron chi connectivity index (χ3n) is 4.14. The molecule has 0 radical (unpaired) electrons. The van der Waals surface area contributed by atoms with E-state index in [0.29, 0.717) is 0 Å². The summed E-state index contributed by atoms with van der Waals surface area (Å²) in [5.41, 5.74) is 2.62. The summed E-state index contributed by atoms with van der Waals surface area (Å²) in [4.78, 5) is 2.50. The Balaban J connectivity index is 1.78. The van der Waals surface area contributed by atoms with Crippen LogP contribution in [0.25, 0.3) is 0 Å². The number of para-hydroxylation sites is 1. The van der Waals surface area contributed by atoms with Crippen molar-refractivity contribution in [3.05, 3.63) is 28.8 Å². The van der Waals surface area contributed by atoms with Gasteiger partial charge in [-0.15, -0.1) is 0 Å². The van der Waals surface area contributed by atoms with E-state index >= 15 is 0 Å². The smallest absolute Gasteiger partial charge is 0.0642 e.